The number of benzene rings is 1. The SMILES string of the molecule is CCOC(=O)C1=C(C)NC(CN=C(N)[SeH])=C(C(=O)OCC)C1c1cccc([N+](=O)[O-])c1. The molecule has 0 fully saturated rings. The first kappa shape index (κ1) is 24.1. The Morgan fingerprint density at radius 2 is 1.84 bits per heavy atom. The first-order valence-corrected chi connectivity index (χ1v) is 10.4. The van der Waals surface area contributed by atoms with Gasteiger partial charge in [-0.25, -0.2) is 0 Å². The molecule has 1 aliphatic rings. The monoisotopic (exact) mass is 496 g/mol. The molecule has 0 amide bonds. The number of nitro groups is 1. The number of nitrogens with one attached hydrogen (secondary N) is 1. The minimum absolute atomic E-state index is 0.0214. The Hall–Kier alpha value is -3.17. The molecule has 1 atom stereocenters. The zero-order valence-corrected chi connectivity index (χ0v) is 19.3. The fourth-order valence-corrected chi connectivity index (χ4v) is 3.41. The number of hydrogen-bond donors (Lipinski definition) is 2. The summed E-state index contributed by atoms with van der Waals surface area (Å²) < 4.78 is 10.7. The molecule has 0 radical (unpaired) electrons. The van der Waals surface area contributed by atoms with Crippen LogP contribution in [0, 0.1) is 10.1 Å². The summed E-state index contributed by atoms with van der Waals surface area (Å²) in [6.45, 7) is 5.23. The number of carbonyl (C=O) groups excluding carboxylic acids is 2. The molecule has 31 heavy (non-hydrogen) atoms. The maximum absolute atomic E-state index is 13.0. The number of esters is 2. The van der Waals surface area contributed by atoms with Crippen LogP contribution in [0.15, 0.2) is 51.8 Å². The molecule has 1 aliphatic heterocycles. The van der Waals surface area contributed by atoms with Gasteiger partial charge in [0.2, 0.25) is 0 Å². The summed E-state index contributed by atoms with van der Waals surface area (Å²) in [4.78, 5) is 40.7. The average Bonchev–Trinajstić information content (AvgIpc) is 2.71. The van der Waals surface area contributed by atoms with Gasteiger partial charge in [-0.1, -0.05) is 0 Å². The summed E-state index contributed by atoms with van der Waals surface area (Å²) in [5.74, 6) is -2.26. The van der Waals surface area contributed by atoms with E-state index in [1.807, 2.05) is 0 Å². The van der Waals surface area contributed by atoms with Gasteiger partial charge in [0.25, 0.3) is 0 Å². The number of ether oxygens (including phenoxy) is 2. The van der Waals surface area contributed by atoms with Crippen LogP contribution in [-0.4, -0.2) is 57.4 Å². The van der Waals surface area contributed by atoms with Crippen molar-refractivity contribution in [2.45, 2.75) is 26.7 Å². The van der Waals surface area contributed by atoms with Gasteiger partial charge in [-0.2, -0.15) is 0 Å². The quantitative estimate of drug-likeness (QED) is 0.136. The van der Waals surface area contributed by atoms with Crippen LogP contribution in [0.25, 0.3) is 0 Å². The van der Waals surface area contributed by atoms with Crippen LogP contribution in [0.4, 0.5) is 5.69 Å². The van der Waals surface area contributed by atoms with E-state index in [9.17, 15) is 19.7 Å². The third kappa shape index (κ3) is 5.71. The van der Waals surface area contributed by atoms with Crippen molar-refractivity contribution >= 4 is 38.4 Å². The van der Waals surface area contributed by atoms with Gasteiger partial charge in [-0.15, -0.1) is 0 Å². The Labute approximate surface area is 187 Å². The molecule has 11 heteroatoms. The van der Waals surface area contributed by atoms with Crippen LogP contribution in [0.5, 0.6) is 0 Å². The van der Waals surface area contributed by atoms with Gasteiger partial charge in [0.15, 0.2) is 0 Å². The predicted molar refractivity (Wildman–Crippen MR) is 116 cm³/mol. The number of non-ortho nitro benzene ring substituents is 1. The van der Waals surface area contributed by atoms with Crippen molar-refractivity contribution in [1.29, 1.82) is 0 Å². The van der Waals surface area contributed by atoms with Crippen LogP contribution in [0.3, 0.4) is 0 Å². The molecule has 10 nitrogen and oxygen atoms in total. The number of nitrogens with zero attached hydrogens (tertiary/aromatic N) is 2. The number of nitro benzene ring substituents is 1. The summed E-state index contributed by atoms with van der Waals surface area (Å²) in [6, 6.07) is 5.77. The number of hydrogen-bond acceptors (Lipinski definition) is 8. The molecule has 1 aromatic carbocycles. The number of dihydropyridines is 1. The Bertz CT molecular complexity index is 982. The molecule has 2 rings (SSSR count). The van der Waals surface area contributed by atoms with Crippen LogP contribution < -0.4 is 11.1 Å². The molecule has 0 saturated carbocycles. The van der Waals surface area contributed by atoms with E-state index in [-0.39, 0.29) is 41.3 Å². The van der Waals surface area contributed by atoms with Crippen LogP contribution in [0.2, 0.25) is 0 Å². The topological polar surface area (TPSA) is 146 Å². The average molecular weight is 495 g/mol. The second kappa shape index (κ2) is 10.7. The van der Waals surface area contributed by atoms with E-state index in [0.717, 1.165) is 0 Å². The third-order valence-electron chi connectivity index (χ3n) is 4.45. The van der Waals surface area contributed by atoms with Gasteiger partial charge in [0, 0.05) is 0 Å². The zero-order chi connectivity index (χ0) is 23.1. The molecule has 0 aromatic heterocycles. The standard InChI is InChI=1S/C20H24N4O6Se/c1-4-29-18(25)15-11(3)23-14(10-22-20(21)31)17(19(26)30-5-2)16(15)12-7-6-8-13(9-12)24(27)28/h6-9,16,23H,4-5,10H2,1-3H3,(H3,21,22,31). The molecule has 166 valence electrons. The number of amidine groups is 1. The first-order valence-electron chi connectivity index (χ1n) is 9.49. The van der Waals surface area contributed by atoms with Crippen LogP contribution >= 0.6 is 0 Å². The second-order valence-electron chi connectivity index (χ2n) is 6.46. The third-order valence-corrected chi connectivity index (χ3v) is 4.75. The second-order valence-corrected chi connectivity index (χ2v) is 7.42. The van der Waals surface area contributed by atoms with Gasteiger partial charge in [-0.3, -0.25) is 0 Å². The summed E-state index contributed by atoms with van der Waals surface area (Å²) in [7, 11) is 0. The molecule has 0 saturated heterocycles. The van der Waals surface area contributed by atoms with Crippen molar-refractivity contribution in [3.63, 3.8) is 0 Å². The van der Waals surface area contributed by atoms with E-state index < -0.39 is 22.8 Å². The minimum atomic E-state index is -0.947. The van der Waals surface area contributed by atoms with E-state index in [4.69, 9.17) is 15.2 Å². The Morgan fingerprint density at radius 3 is 2.39 bits per heavy atom. The number of allylic oxidation sites excluding steroid dienone is 1. The summed E-state index contributed by atoms with van der Waals surface area (Å²) in [6.07, 6.45) is 0. The predicted octanol–water partition coefficient (Wildman–Crippen LogP) is 1.15. The molecular formula is C20H24N4O6Se. The van der Waals surface area contributed by atoms with Gasteiger partial charge >= 0.3 is 187 Å². The van der Waals surface area contributed by atoms with E-state index in [1.54, 1.807) is 26.8 Å². The van der Waals surface area contributed by atoms with Crippen LogP contribution in [0.1, 0.15) is 32.3 Å². The summed E-state index contributed by atoms with van der Waals surface area (Å²) in [5, 5.41) is 14.4. The molecule has 0 spiro atoms. The van der Waals surface area contributed by atoms with Crippen molar-refractivity contribution < 1.29 is 24.0 Å². The first-order chi connectivity index (χ1) is 14.7. The van der Waals surface area contributed by atoms with Gasteiger partial charge in [0.05, 0.1) is 0 Å². The number of rotatable bonds is 8. The molecule has 1 aromatic rings. The van der Waals surface area contributed by atoms with E-state index in [0.29, 0.717) is 17.0 Å². The van der Waals surface area contributed by atoms with Crippen molar-refractivity contribution in [1.82, 2.24) is 5.32 Å². The zero-order valence-electron chi connectivity index (χ0n) is 17.4. The molecule has 1 unspecified atom stereocenters. The fraction of sp³-hybridized carbons (Fsp3) is 0.350. The number of carbonyl (C=O) groups is 2. The number of aliphatic imine (C=N–C) groups is 1. The molecule has 1 heterocycles. The van der Waals surface area contributed by atoms with E-state index in [1.165, 1.54) is 18.2 Å². The van der Waals surface area contributed by atoms with E-state index >= 15 is 0 Å². The molecule has 0 aliphatic carbocycles. The summed E-state index contributed by atoms with van der Waals surface area (Å²) in [5.41, 5.74) is 6.95. The van der Waals surface area contributed by atoms with Crippen molar-refractivity contribution in [3.05, 3.63) is 62.5 Å². The molecular weight excluding hydrogens is 471 g/mol. The fourth-order valence-electron chi connectivity index (χ4n) is 3.26. The van der Waals surface area contributed by atoms with Gasteiger partial charge in [0.1, 0.15) is 0 Å². The Morgan fingerprint density at radius 1 is 1.23 bits per heavy atom. The maximum atomic E-state index is 13.0. The summed E-state index contributed by atoms with van der Waals surface area (Å²) >= 11 is 2.09. The Balaban J connectivity index is 2.78. The number of nitrogens with two attached hydrogens (primary N) is 1. The molecule has 0 bridgehead atoms. The van der Waals surface area contributed by atoms with Gasteiger partial charge in [-0.05, 0) is 0 Å². The normalized spacial score (nSPS) is 16.6. The van der Waals surface area contributed by atoms with Crippen molar-refractivity contribution in [3.8, 4) is 0 Å². The van der Waals surface area contributed by atoms with Crippen molar-refractivity contribution in [2.75, 3.05) is 19.8 Å². The van der Waals surface area contributed by atoms with E-state index in [2.05, 4.69) is 26.3 Å². The Kier molecular flexibility index (Phi) is 8.35. The van der Waals surface area contributed by atoms with Crippen molar-refractivity contribution in [2.24, 2.45) is 10.7 Å². The molecule has 3 N–H and O–H groups in total. The van der Waals surface area contributed by atoms with Gasteiger partial charge < -0.3 is 0 Å². The van der Waals surface area contributed by atoms with Crippen LogP contribution in [-0.2, 0) is 19.1 Å².